The zero-order valence-corrected chi connectivity index (χ0v) is 17.6. The molecule has 26 heavy (non-hydrogen) atoms. The van der Waals surface area contributed by atoms with Crippen LogP contribution in [0.25, 0.3) is 0 Å². The highest BCUT2D eigenvalue weighted by Crippen LogP contribution is 2.12. The molecule has 4 heteroatoms. The summed E-state index contributed by atoms with van der Waals surface area (Å²) < 4.78 is 10.5. The van der Waals surface area contributed by atoms with E-state index < -0.39 is 6.04 Å². The highest BCUT2D eigenvalue weighted by atomic mass is 16.5. The van der Waals surface area contributed by atoms with Crippen molar-refractivity contribution in [3.05, 3.63) is 0 Å². The van der Waals surface area contributed by atoms with Crippen molar-refractivity contribution in [2.45, 2.75) is 116 Å². The molecular weight excluding hydrogens is 326 g/mol. The summed E-state index contributed by atoms with van der Waals surface area (Å²) in [6.07, 6.45) is 20.0. The lowest BCUT2D eigenvalue weighted by atomic mass is 10.0. The topological polar surface area (TPSA) is 61.5 Å². The lowest BCUT2D eigenvalue weighted by Gasteiger charge is -2.07. The van der Waals surface area contributed by atoms with Crippen LogP contribution in [0.1, 0.15) is 110 Å². The van der Waals surface area contributed by atoms with Crippen LogP contribution in [-0.2, 0) is 14.3 Å². The van der Waals surface area contributed by atoms with E-state index in [4.69, 9.17) is 15.2 Å². The molecule has 0 aliphatic heterocycles. The Morgan fingerprint density at radius 2 is 1.12 bits per heavy atom. The zero-order valence-electron chi connectivity index (χ0n) is 17.6. The van der Waals surface area contributed by atoms with Crippen LogP contribution in [0, 0.1) is 0 Å². The van der Waals surface area contributed by atoms with Crippen molar-refractivity contribution in [2.24, 2.45) is 5.73 Å². The molecule has 156 valence electrons. The highest BCUT2D eigenvalue weighted by molar-refractivity contribution is 5.74. The number of esters is 1. The third kappa shape index (κ3) is 19.7. The molecule has 0 rings (SSSR count). The first-order valence-electron chi connectivity index (χ1n) is 11.2. The molecule has 0 spiro atoms. The number of unbranched alkanes of at least 4 members (excludes halogenated alkanes) is 13. The minimum atomic E-state index is -0.536. The number of carbonyl (C=O) groups is 1. The minimum Gasteiger partial charge on any atom is -0.464 e. The Balaban J connectivity index is 3.04. The predicted octanol–water partition coefficient (Wildman–Crippen LogP) is 5.76. The first-order valence-corrected chi connectivity index (χ1v) is 11.2. The monoisotopic (exact) mass is 371 g/mol. The third-order valence-corrected chi connectivity index (χ3v) is 4.69. The van der Waals surface area contributed by atoms with E-state index in [-0.39, 0.29) is 5.97 Å². The van der Waals surface area contributed by atoms with E-state index in [2.05, 4.69) is 6.92 Å². The molecular formula is C22H45NO3. The average molecular weight is 372 g/mol. The Hall–Kier alpha value is -0.610. The standard InChI is InChI=1S/C22H45NO3/c1-3-4-5-6-7-8-9-10-11-12-13-14-15-16-18-25-19-17-20-26-22(24)21(2)23/h21H,3-20,23H2,1-2H3/t21-/m0/s1. The predicted molar refractivity (Wildman–Crippen MR) is 110 cm³/mol. The number of hydrogen-bond donors (Lipinski definition) is 1. The van der Waals surface area contributed by atoms with E-state index >= 15 is 0 Å². The Morgan fingerprint density at radius 1 is 0.692 bits per heavy atom. The van der Waals surface area contributed by atoms with Crippen LogP contribution in [0.15, 0.2) is 0 Å². The SMILES string of the molecule is CCCCCCCCCCCCCCCCOCCCOC(=O)[C@H](C)N. The fourth-order valence-corrected chi connectivity index (χ4v) is 2.97. The first-order chi connectivity index (χ1) is 12.7. The van der Waals surface area contributed by atoms with E-state index in [9.17, 15) is 4.79 Å². The van der Waals surface area contributed by atoms with Crippen molar-refractivity contribution in [3.63, 3.8) is 0 Å². The lowest BCUT2D eigenvalue weighted by molar-refractivity contribution is -0.145. The molecule has 0 bridgehead atoms. The average Bonchev–Trinajstić information content (AvgIpc) is 2.63. The maximum atomic E-state index is 11.1. The third-order valence-electron chi connectivity index (χ3n) is 4.69. The van der Waals surface area contributed by atoms with Crippen LogP contribution < -0.4 is 5.73 Å². The van der Waals surface area contributed by atoms with Gasteiger partial charge in [-0.1, -0.05) is 90.4 Å². The summed E-state index contributed by atoms with van der Waals surface area (Å²) in [5.74, 6) is -0.336. The fourth-order valence-electron chi connectivity index (χ4n) is 2.97. The molecule has 0 heterocycles. The largest absolute Gasteiger partial charge is 0.464 e. The molecule has 0 saturated carbocycles. The summed E-state index contributed by atoms with van der Waals surface area (Å²) in [4.78, 5) is 11.1. The summed E-state index contributed by atoms with van der Waals surface area (Å²) >= 11 is 0. The summed E-state index contributed by atoms with van der Waals surface area (Å²) in [6, 6.07) is -0.536. The van der Waals surface area contributed by atoms with E-state index in [0.717, 1.165) is 19.4 Å². The highest BCUT2D eigenvalue weighted by Gasteiger charge is 2.07. The van der Waals surface area contributed by atoms with Gasteiger partial charge in [0.1, 0.15) is 6.04 Å². The lowest BCUT2D eigenvalue weighted by Crippen LogP contribution is -2.29. The van der Waals surface area contributed by atoms with Gasteiger partial charge in [-0.15, -0.1) is 0 Å². The smallest absolute Gasteiger partial charge is 0.322 e. The maximum Gasteiger partial charge on any atom is 0.322 e. The van der Waals surface area contributed by atoms with Crippen LogP contribution in [0.2, 0.25) is 0 Å². The van der Waals surface area contributed by atoms with Gasteiger partial charge in [-0.05, 0) is 13.3 Å². The van der Waals surface area contributed by atoms with Crippen molar-refractivity contribution in [1.82, 2.24) is 0 Å². The van der Waals surface area contributed by atoms with E-state index in [1.54, 1.807) is 6.92 Å². The summed E-state index contributed by atoms with van der Waals surface area (Å²) in [5, 5.41) is 0. The van der Waals surface area contributed by atoms with Gasteiger partial charge >= 0.3 is 5.97 Å². The van der Waals surface area contributed by atoms with Crippen LogP contribution in [0.4, 0.5) is 0 Å². The number of ether oxygens (including phenoxy) is 2. The van der Waals surface area contributed by atoms with E-state index in [0.29, 0.717) is 13.2 Å². The summed E-state index contributed by atoms with van der Waals surface area (Å²) in [5.41, 5.74) is 5.41. The summed E-state index contributed by atoms with van der Waals surface area (Å²) in [7, 11) is 0. The number of nitrogens with two attached hydrogens (primary N) is 1. The molecule has 2 N–H and O–H groups in total. The molecule has 0 fully saturated rings. The Kier molecular flexibility index (Phi) is 20.2. The zero-order chi connectivity index (χ0) is 19.3. The Bertz CT molecular complexity index is 295. The number of rotatable bonds is 20. The summed E-state index contributed by atoms with van der Waals surface area (Å²) in [6.45, 7) is 5.79. The molecule has 0 aliphatic rings. The molecule has 0 aromatic heterocycles. The van der Waals surface area contributed by atoms with Gasteiger partial charge in [0.05, 0.1) is 6.61 Å². The number of carbonyl (C=O) groups excluding carboxylic acids is 1. The van der Waals surface area contributed by atoms with Gasteiger partial charge in [0, 0.05) is 19.6 Å². The second-order valence-corrected chi connectivity index (χ2v) is 7.52. The van der Waals surface area contributed by atoms with Crippen LogP contribution in [-0.4, -0.2) is 31.8 Å². The van der Waals surface area contributed by atoms with Gasteiger partial charge in [-0.2, -0.15) is 0 Å². The Labute approximate surface area is 162 Å². The minimum absolute atomic E-state index is 0.336. The van der Waals surface area contributed by atoms with Crippen molar-refractivity contribution < 1.29 is 14.3 Å². The van der Waals surface area contributed by atoms with Crippen molar-refractivity contribution >= 4 is 5.97 Å². The quantitative estimate of drug-likeness (QED) is 0.218. The second kappa shape index (κ2) is 20.7. The molecule has 0 aliphatic carbocycles. The van der Waals surface area contributed by atoms with Crippen LogP contribution >= 0.6 is 0 Å². The van der Waals surface area contributed by atoms with E-state index in [1.165, 1.54) is 83.5 Å². The van der Waals surface area contributed by atoms with Crippen molar-refractivity contribution in [2.75, 3.05) is 19.8 Å². The van der Waals surface area contributed by atoms with Crippen LogP contribution in [0.5, 0.6) is 0 Å². The molecule has 0 unspecified atom stereocenters. The fraction of sp³-hybridized carbons (Fsp3) is 0.955. The molecule has 0 aromatic carbocycles. The maximum absolute atomic E-state index is 11.1. The van der Waals surface area contributed by atoms with Gasteiger partial charge in [-0.3, -0.25) is 4.79 Å². The number of hydrogen-bond acceptors (Lipinski definition) is 4. The van der Waals surface area contributed by atoms with Gasteiger partial charge < -0.3 is 15.2 Å². The molecule has 0 aromatic rings. The van der Waals surface area contributed by atoms with Gasteiger partial charge in [0.15, 0.2) is 0 Å². The van der Waals surface area contributed by atoms with Gasteiger partial charge in [0.2, 0.25) is 0 Å². The molecule has 0 amide bonds. The van der Waals surface area contributed by atoms with Gasteiger partial charge in [0.25, 0.3) is 0 Å². The van der Waals surface area contributed by atoms with Crippen LogP contribution in [0.3, 0.4) is 0 Å². The molecule has 4 nitrogen and oxygen atoms in total. The van der Waals surface area contributed by atoms with Gasteiger partial charge in [-0.25, -0.2) is 0 Å². The van der Waals surface area contributed by atoms with Crippen molar-refractivity contribution in [3.8, 4) is 0 Å². The first kappa shape index (κ1) is 25.4. The second-order valence-electron chi connectivity index (χ2n) is 7.52. The molecule has 0 saturated heterocycles. The molecule has 0 radical (unpaired) electrons. The Morgan fingerprint density at radius 3 is 1.58 bits per heavy atom. The molecule has 1 atom stereocenters. The van der Waals surface area contributed by atoms with E-state index in [1.807, 2.05) is 0 Å². The normalized spacial score (nSPS) is 12.3. The van der Waals surface area contributed by atoms with Crippen molar-refractivity contribution in [1.29, 1.82) is 0 Å².